The summed E-state index contributed by atoms with van der Waals surface area (Å²) >= 11 is 1.19. The number of hydrogen-bond acceptors (Lipinski definition) is 4. The summed E-state index contributed by atoms with van der Waals surface area (Å²) in [5, 5.41) is 0.354. The molecule has 1 heterocycles. The third-order valence-corrected chi connectivity index (χ3v) is 3.18. The lowest BCUT2D eigenvalue weighted by molar-refractivity contribution is -0.137. The van der Waals surface area contributed by atoms with Crippen LogP contribution in [0.3, 0.4) is 0 Å². The molecule has 96 valence electrons. The minimum absolute atomic E-state index is 0.147. The van der Waals surface area contributed by atoms with E-state index in [1.165, 1.54) is 30.7 Å². The van der Waals surface area contributed by atoms with Gasteiger partial charge in [0.2, 0.25) is 0 Å². The number of methoxy groups -OCH3 is 1. The highest BCUT2D eigenvalue weighted by Crippen LogP contribution is 2.39. The molecule has 1 aromatic carbocycles. The van der Waals surface area contributed by atoms with E-state index in [9.17, 15) is 13.2 Å². The van der Waals surface area contributed by atoms with E-state index in [1.54, 1.807) is 0 Å². The second-order valence-corrected chi connectivity index (χ2v) is 4.54. The van der Waals surface area contributed by atoms with Gasteiger partial charge in [0, 0.05) is 11.8 Å². The van der Waals surface area contributed by atoms with E-state index in [4.69, 9.17) is 10.5 Å². The molecule has 0 amide bonds. The molecule has 7 heteroatoms. The Hall–Kier alpha value is -1.76. The molecule has 0 unspecified atom stereocenters. The molecule has 2 N–H and O–H groups in total. The quantitative estimate of drug-likeness (QED) is 0.912. The SMILES string of the molecule is COc1cc(C(F)(F)F)ccc1-c1cnc(N)s1. The molecule has 2 rings (SSSR count). The monoisotopic (exact) mass is 274 g/mol. The molecule has 3 nitrogen and oxygen atoms in total. The first-order valence-electron chi connectivity index (χ1n) is 4.88. The first kappa shape index (κ1) is 12.7. The fourth-order valence-corrected chi connectivity index (χ4v) is 2.20. The predicted octanol–water partition coefficient (Wildman–Crippen LogP) is 3.42. The molecule has 0 saturated carbocycles. The van der Waals surface area contributed by atoms with Crippen LogP contribution in [-0.2, 0) is 6.18 Å². The lowest BCUT2D eigenvalue weighted by Crippen LogP contribution is -2.05. The van der Waals surface area contributed by atoms with Crippen molar-refractivity contribution in [2.45, 2.75) is 6.18 Å². The Kier molecular flexibility index (Phi) is 3.16. The van der Waals surface area contributed by atoms with Crippen molar-refractivity contribution in [1.29, 1.82) is 0 Å². The summed E-state index contributed by atoms with van der Waals surface area (Å²) in [6, 6.07) is 3.33. The van der Waals surface area contributed by atoms with Crippen LogP contribution in [0.25, 0.3) is 10.4 Å². The van der Waals surface area contributed by atoms with Gasteiger partial charge in [-0.05, 0) is 18.2 Å². The van der Waals surface area contributed by atoms with Crippen molar-refractivity contribution >= 4 is 16.5 Å². The maximum absolute atomic E-state index is 12.6. The topological polar surface area (TPSA) is 48.1 Å². The minimum Gasteiger partial charge on any atom is -0.496 e. The first-order chi connectivity index (χ1) is 8.41. The van der Waals surface area contributed by atoms with Gasteiger partial charge in [-0.15, -0.1) is 0 Å². The molecule has 0 bridgehead atoms. The van der Waals surface area contributed by atoms with Crippen LogP contribution in [0, 0.1) is 0 Å². The molecule has 18 heavy (non-hydrogen) atoms. The highest BCUT2D eigenvalue weighted by Gasteiger charge is 2.31. The molecular formula is C11H9F3N2OS. The fourth-order valence-electron chi connectivity index (χ4n) is 1.48. The molecule has 0 spiro atoms. The molecule has 0 radical (unpaired) electrons. The Labute approximate surface area is 105 Å². The number of alkyl halides is 3. The number of rotatable bonds is 2. The Morgan fingerprint density at radius 2 is 2.06 bits per heavy atom. The van der Waals surface area contributed by atoms with Gasteiger partial charge in [-0.3, -0.25) is 0 Å². The van der Waals surface area contributed by atoms with E-state index >= 15 is 0 Å². The van der Waals surface area contributed by atoms with Gasteiger partial charge in [0.1, 0.15) is 5.75 Å². The highest BCUT2D eigenvalue weighted by molar-refractivity contribution is 7.18. The van der Waals surface area contributed by atoms with E-state index < -0.39 is 11.7 Å². The van der Waals surface area contributed by atoms with Gasteiger partial charge in [-0.1, -0.05) is 11.3 Å². The number of ether oxygens (including phenoxy) is 1. The summed E-state index contributed by atoms with van der Waals surface area (Å²) in [5.41, 5.74) is 5.29. The van der Waals surface area contributed by atoms with Crippen molar-refractivity contribution in [2.75, 3.05) is 12.8 Å². The summed E-state index contributed by atoms with van der Waals surface area (Å²) in [6.07, 6.45) is -2.89. The van der Waals surface area contributed by atoms with Gasteiger partial charge in [0.15, 0.2) is 5.13 Å². The summed E-state index contributed by atoms with van der Waals surface area (Å²) in [6.45, 7) is 0. The van der Waals surface area contributed by atoms with Crippen molar-refractivity contribution in [2.24, 2.45) is 0 Å². The molecule has 0 atom stereocenters. The van der Waals surface area contributed by atoms with Gasteiger partial charge < -0.3 is 10.5 Å². The third-order valence-electron chi connectivity index (χ3n) is 2.32. The lowest BCUT2D eigenvalue weighted by Gasteiger charge is -2.11. The summed E-state index contributed by atoms with van der Waals surface area (Å²) in [4.78, 5) is 4.52. The number of halogens is 3. The van der Waals surface area contributed by atoms with Crippen LogP contribution in [0.4, 0.5) is 18.3 Å². The van der Waals surface area contributed by atoms with Gasteiger partial charge in [0.05, 0.1) is 17.6 Å². The summed E-state index contributed by atoms with van der Waals surface area (Å²) in [5.74, 6) is 0.147. The number of anilines is 1. The van der Waals surface area contributed by atoms with Crippen molar-refractivity contribution in [3.63, 3.8) is 0 Å². The molecule has 0 aliphatic heterocycles. The number of hydrogen-bond donors (Lipinski definition) is 1. The van der Waals surface area contributed by atoms with Crippen LogP contribution in [0.15, 0.2) is 24.4 Å². The number of nitrogen functional groups attached to an aromatic ring is 1. The van der Waals surface area contributed by atoms with Crippen LogP contribution in [-0.4, -0.2) is 12.1 Å². The predicted molar refractivity (Wildman–Crippen MR) is 63.5 cm³/mol. The molecule has 0 fully saturated rings. The normalized spacial score (nSPS) is 11.6. The largest absolute Gasteiger partial charge is 0.496 e. The number of nitrogens with two attached hydrogens (primary N) is 1. The molecular weight excluding hydrogens is 265 g/mol. The van der Waals surface area contributed by atoms with Crippen LogP contribution in [0.2, 0.25) is 0 Å². The van der Waals surface area contributed by atoms with E-state index in [0.717, 1.165) is 12.1 Å². The standard InChI is InChI=1S/C11H9F3N2OS/c1-17-8-4-6(11(12,13)14)2-3-7(8)9-5-16-10(15)18-9/h2-5H,1H3,(H2,15,16). The Bertz CT molecular complexity index is 566. The average Bonchev–Trinajstić information content (AvgIpc) is 2.73. The number of benzene rings is 1. The molecule has 0 saturated heterocycles. The number of aromatic nitrogens is 1. The zero-order valence-corrected chi connectivity index (χ0v) is 10.1. The Morgan fingerprint density at radius 3 is 2.56 bits per heavy atom. The first-order valence-corrected chi connectivity index (χ1v) is 5.70. The maximum atomic E-state index is 12.6. The summed E-state index contributed by atoms with van der Waals surface area (Å²) in [7, 11) is 1.32. The van der Waals surface area contributed by atoms with Crippen LogP contribution in [0.5, 0.6) is 5.75 Å². The average molecular weight is 274 g/mol. The van der Waals surface area contributed by atoms with Crippen molar-refractivity contribution in [3.05, 3.63) is 30.0 Å². The lowest BCUT2D eigenvalue weighted by atomic mass is 10.1. The summed E-state index contributed by atoms with van der Waals surface area (Å²) < 4.78 is 42.7. The zero-order chi connectivity index (χ0) is 13.3. The van der Waals surface area contributed by atoms with Crippen molar-refractivity contribution < 1.29 is 17.9 Å². The van der Waals surface area contributed by atoms with Crippen molar-refractivity contribution in [3.8, 4) is 16.2 Å². The van der Waals surface area contributed by atoms with E-state index in [2.05, 4.69) is 4.98 Å². The second-order valence-electron chi connectivity index (χ2n) is 3.48. The zero-order valence-electron chi connectivity index (χ0n) is 9.28. The molecule has 2 aromatic rings. The smallest absolute Gasteiger partial charge is 0.416 e. The van der Waals surface area contributed by atoms with Gasteiger partial charge in [0.25, 0.3) is 0 Å². The fraction of sp³-hybridized carbons (Fsp3) is 0.182. The van der Waals surface area contributed by atoms with E-state index in [-0.39, 0.29) is 5.75 Å². The van der Waals surface area contributed by atoms with Crippen LogP contribution >= 0.6 is 11.3 Å². The van der Waals surface area contributed by atoms with Gasteiger partial charge in [-0.25, -0.2) is 4.98 Å². The Balaban J connectivity index is 2.50. The van der Waals surface area contributed by atoms with E-state index in [1.807, 2.05) is 0 Å². The number of thiazole rings is 1. The van der Waals surface area contributed by atoms with Crippen molar-refractivity contribution in [1.82, 2.24) is 4.98 Å². The van der Waals surface area contributed by atoms with Crippen LogP contribution in [0.1, 0.15) is 5.56 Å². The number of nitrogens with zero attached hydrogens (tertiary/aromatic N) is 1. The Morgan fingerprint density at radius 1 is 1.33 bits per heavy atom. The van der Waals surface area contributed by atoms with Gasteiger partial charge in [-0.2, -0.15) is 13.2 Å². The highest BCUT2D eigenvalue weighted by atomic mass is 32.1. The minimum atomic E-state index is -4.39. The maximum Gasteiger partial charge on any atom is 0.416 e. The third kappa shape index (κ3) is 2.40. The second kappa shape index (κ2) is 4.49. The van der Waals surface area contributed by atoms with E-state index in [0.29, 0.717) is 15.6 Å². The molecule has 0 aliphatic rings. The van der Waals surface area contributed by atoms with Gasteiger partial charge >= 0.3 is 6.18 Å². The van der Waals surface area contributed by atoms with Crippen LogP contribution < -0.4 is 10.5 Å². The molecule has 0 aliphatic carbocycles. The molecule has 1 aromatic heterocycles.